The van der Waals surface area contributed by atoms with Crippen LogP contribution in [0.5, 0.6) is 0 Å². The maximum absolute atomic E-state index is 12.6. The summed E-state index contributed by atoms with van der Waals surface area (Å²) in [6.07, 6.45) is 7.64. The first-order valence-corrected chi connectivity index (χ1v) is 8.09. The lowest BCUT2D eigenvalue weighted by Gasteiger charge is -2.45. The molecule has 1 amide bonds. The zero-order valence-electron chi connectivity index (χ0n) is 13.0. The number of carbonyl (C=O) groups excluding carboxylic acids is 1. The van der Waals surface area contributed by atoms with Crippen molar-refractivity contribution in [1.29, 1.82) is 0 Å². The van der Waals surface area contributed by atoms with E-state index < -0.39 is 0 Å². The lowest BCUT2D eigenvalue weighted by Crippen LogP contribution is -2.47. The molecular weight excluding hydrogens is 236 g/mol. The molecule has 2 unspecified atom stereocenters. The third-order valence-electron chi connectivity index (χ3n) is 5.20. The average Bonchev–Trinajstić information content (AvgIpc) is 2.62. The molecule has 3 heteroatoms. The maximum Gasteiger partial charge on any atom is 0.241 e. The second-order valence-corrected chi connectivity index (χ2v) is 6.87. The van der Waals surface area contributed by atoms with E-state index in [-0.39, 0.29) is 12.2 Å². The van der Waals surface area contributed by atoms with E-state index in [4.69, 9.17) is 0 Å². The summed E-state index contributed by atoms with van der Waals surface area (Å²) in [6.45, 7) is 9.74. The third kappa shape index (κ3) is 2.81. The third-order valence-corrected chi connectivity index (χ3v) is 5.20. The number of rotatable bonds is 6. The van der Waals surface area contributed by atoms with Crippen molar-refractivity contribution in [1.82, 2.24) is 10.2 Å². The van der Waals surface area contributed by atoms with E-state index in [1.807, 2.05) is 0 Å². The van der Waals surface area contributed by atoms with Gasteiger partial charge in [0, 0.05) is 6.54 Å². The van der Waals surface area contributed by atoms with E-state index in [0.717, 1.165) is 19.4 Å². The van der Waals surface area contributed by atoms with E-state index in [2.05, 4.69) is 37.9 Å². The summed E-state index contributed by atoms with van der Waals surface area (Å²) in [5.74, 6) is 0.726. The lowest BCUT2D eigenvalue weighted by molar-refractivity contribution is -0.133. The van der Waals surface area contributed by atoms with Crippen LogP contribution in [0.15, 0.2) is 0 Å². The fraction of sp³-hybridized carbons (Fsp3) is 0.938. The van der Waals surface area contributed by atoms with Crippen LogP contribution in [0.1, 0.15) is 66.2 Å². The summed E-state index contributed by atoms with van der Waals surface area (Å²) in [7, 11) is 0. The molecule has 2 rings (SSSR count). The van der Waals surface area contributed by atoms with Gasteiger partial charge in [-0.1, -0.05) is 40.5 Å². The Kier molecular flexibility index (Phi) is 4.54. The first-order valence-electron chi connectivity index (χ1n) is 8.09. The molecule has 0 spiro atoms. The number of hydrogen-bond acceptors (Lipinski definition) is 2. The average molecular weight is 266 g/mol. The predicted molar refractivity (Wildman–Crippen MR) is 78.7 cm³/mol. The Balaban J connectivity index is 2.08. The molecule has 0 aromatic heterocycles. The molecule has 2 atom stereocenters. The van der Waals surface area contributed by atoms with Crippen LogP contribution in [-0.4, -0.2) is 29.6 Å². The van der Waals surface area contributed by atoms with Crippen molar-refractivity contribution in [3.05, 3.63) is 0 Å². The highest BCUT2D eigenvalue weighted by Crippen LogP contribution is 2.45. The first kappa shape index (κ1) is 14.8. The quantitative estimate of drug-likeness (QED) is 0.801. The molecule has 1 saturated carbocycles. The van der Waals surface area contributed by atoms with E-state index in [0.29, 0.717) is 17.2 Å². The summed E-state index contributed by atoms with van der Waals surface area (Å²) in [4.78, 5) is 14.8. The van der Waals surface area contributed by atoms with Gasteiger partial charge >= 0.3 is 0 Å². The van der Waals surface area contributed by atoms with Crippen LogP contribution in [0, 0.1) is 11.3 Å². The fourth-order valence-electron chi connectivity index (χ4n) is 3.54. The normalized spacial score (nSPS) is 29.9. The molecule has 2 aliphatic rings. The van der Waals surface area contributed by atoms with Crippen molar-refractivity contribution in [2.24, 2.45) is 11.3 Å². The standard InChI is InChI=1S/C16H30N2O/c1-5-8-13-17-14(12(3)4)15(19)18(13)11-16(6-2)9-7-10-16/h12-14,17H,5-11H2,1-4H3. The summed E-state index contributed by atoms with van der Waals surface area (Å²) in [6, 6.07) is 0.0329. The van der Waals surface area contributed by atoms with Crippen LogP contribution < -0.4 is 5.32 Å². The first-order chi connectivity index (χ1) is 9.03. The molecular formula is C16H30N2O. The molecule has 19 heavy (non-hydrogen) atoms. The minimum absolute atomic E-state index is 0.0329. The largest absolute Gasteiger partial charge is 0.325 e. The summed E-state index contributed by atoms with van der Waals surface area (Å²) in [5, 5.41) is 3.56. The number of carbonyl (C=O) groups is 1. The van der Waals surface area contributed by atoms with Gasteiger partial charge in [-0.2, -0.15) is 0 Å². The highest BCUT2D eigenvalue weighted by atomic mass is 16.2. The molecule has 0 aromatic carbocycles. The van der Waals surface area contributed by atoms with E-state index in [1.165, 1.54) is 25.7 Å². The Labute approximate surface area is 118 Å². The predicted octanol–water partition coefficient (Wildman–Crippen LogP) is 3.15. The van der Waals surface area contributed by atoms with Crippen molar-refractivity contribution >= 4 is 5.91 Å². The molecule has 1 aliphatic heterocycles. The highest BCUT2D eigenvalue weighted by molar-refractivity contribution is 5.84. The van der Waals surface area contributed by atoms with Crippen molar-refractivity contribution < 1.29 is 4.79 Å². The summed E-state index contributed by atoms with van der Waals surface area (Å²) in [5.41, 5.74) is 0.426. The fourth-order valence-corrected chi connectivity index (χ4v) is 3.54. The molecule has 2 fully saturated rings. The van der Waals surface area contributed by atoms with E-state index in [1.54, 1.807) is 0 Å². The number of hydrogen-bond donors (Lipinski definition) is 1. The van der Waals surface area contributed by atoms with Gasteiger partial charge in [0.25, 0.3) is 0 Å². The molecule has 0 bridgehead atoms. The molecule has 1 N–H and O–H groups in total. The summed E-state index contributed by atoms with van der Waals surface area (Å²) >= 11 is 0. The van der Waals surface area contributed by atoms with Gasteiger partial charge in [0.05, 0.1) is 12.2 Å². The Morgan fingerprint density at radius 2 is 2.05 bits per heavy atom. The molecule has 1 aliphatic carbocycles. The van der Waals surface area contributed by atoms with Gasteiger partial charge in [-0.3, -0.25) is 10.1 Å². The molecule has 3 nitrogen and oxygen atoms in total. The van der Waals surface area contributed by atoms with Gasteiger partial charge in [0.2, 0.25) is 5.91 Å². The van der Waals surface area contributed by atoms with Gasteiger partial charge in [0.1, 0.15) is 0 Å². The van der Waals surface area contributed by atoms with Crippen LogP contribution >= 0.6 is 0 Å². The van der Waals surface area contributed by atoms with Crippen LogP contribution in [0.3, 0.4) is 0 Å². The Morgan fingerprint density at radius 3 is 2.47 bits per heavy atom. The van der Waals surface area contributed by atoms with Crippen LogP contribution in [-0.2, 0) is 4.79 Å². The van der Waals surface area contributed by atoms with Gasteiger partial charge in [-0.15, -0.1) is 0 Å². The van der Waals surface area contributed by atoms with Crippen LogP contribution in [0.4, 0.5) is 0 Å². The second kappa shape index (κ2) is 5.82. The smallest absolute Gasteiger partial charge is 0.241 e. The Bertz CT molecular complexity index is 317. The van der Waals surface area contributed by atoms with Crippen molar-refractivity contribution in [2.75, 3.05) is 6.54 Å². The molecule has 1 heterocycles. The van der Waals surface area contributed by atoms with E-state index in [9.17, 15) is 4.79 Å². The van der Waals surface area contributed by atoms with Crippen molar-refractivity contribution in [3.63, 3.8) is 0 Å². The zero-order valence-corrected chi connectivity index (χ0v) is 13.0. The summed E-state index contributed by atoms with van der Waals surface area (Å²) < 4.78 is 0. The van der Waals surface area contributed by atoms with Gasteiger partial charge < -0.3 is 4.90 Å². The molecule has 0 radical (unpaired) electrons. The number of nitrogens with one attached hydrogen (secondary N) is 1. The molecule has 1 saturated heterocycles. The minimum Gasteiger partial charge on any atom is -0.325 e. The van der Waals surface area contributed by atoms with Crippen LogP contribution in [0.2, 0.25) is 0 Å². The topological polar surface area (TPSA) is 32.3 Å². The Morgan fingerprint density at radius 1 is 1.37 bits per heavy atom. The maximum atomic E-state index is 12.6. The molecule has 110 valence electrons. The minimum atomic E-state index is 0.0329. The van der Waals surface area contributed by atoms with Crippen LogP contribution in [0.25, 0.3) is 0 Å². The second-order valence-electron chi connectivity index (χ2n) is 6.87. The lowest BCUT2D eigenvalue weighted by atomic mass is 9.66. The zero-order chi connectivity index (χ0) is 14.0. The Hall–Kier alpha value is -0.570. The van der Waals surface area contributed by atoms with Gasteiger partial charge in [-0.25, -0.2) is 0 Å². The van der Waals surface area contributed by atoms with Gasteiger partial charge in [0.15, 0.2) is 0 Å². The highest BCUT2D eigenvalue weighted by Gasteiger charge is 2.45. The van der Waals surface area contributed by atoms with E-state index >= 15 is 0 Å². The van der Waals surface area contributed by atoms with Crippen molar-refractivity contribution in [3.8, 4) is 0 Å². The number of nitrogens with zero attached hydrogens (tertiary/aromatic N) is 1. The number of amides is 1. The monoisotopic (exact) mass is 266 g/mol. The van der Waals surface area contributed by atoms with Gasteiger partial charge in [-0.05, 0) is 37.0 Å². The molecule has 0 aromatic rings. The SMILES string of the molecule is CCCC1NC(C(C)C)C(=O)N1CC1(CC)CCC1. The van der Waals surface area contributed by atoms with Crippen molar-refractivity contribution in [2.45, 2.75) is 78.4 Å².